The van der Waals surface area contributed by atoms with Crippen molar-refractivity contribution in [3.05, 3.63) is 0 Å². The molecule has 0 saturated heterocycles. The van der Waals surface area contributed by atoms with Gasteiger partial charge < -0.3 is 9.47 Å². The molecule has 4 nitrogen and oxygen atoms in total. The van der Waals surface area contributed by atoms with E-state index < -0.39 is 11.9 Å². The number of hydrogen-bond donors (Lipinski definition) is 0. The van der Waals surface area contributed by atoms with Crippen molar-refractivity contribution in [3.8, 4) is 24.7 Å². The third kappa shape index (κ3) is 12.5. The van der Waals surface area contributed by atoms with Crippen LogP contribution in [-0.2, 0) is 19.1 Å². The van der Waals surface area contributed by atoms with Gasteiger partial charge in [0.1, 0.15) is 0 Å². The van der Waals surface area contributed by atoms with Crippen LogP contribution in [0, 0.1) is 24.7 Å². The predicted molar refractivity (Wildman–Crippen MR) is 76.5 cm³/mol. The molecule has 0 N–H and O–H groups in total. The molecule has 0 spiro atoms. The molecule has 0 aliphatic rings. The normalized spacial score (nSPS) is 9.30. The van der Waals surface area contributed by atoms with Crippen LogP contribution in [-0.4, -0.2) is 25.2 Å². The second-order valence-corrected chi connectivity index (χ2v) is 4.39. The van der Waals surface area contributed by atoms with E-state index in [1.54, 1.807) is 0 Å². The minimum Gasteiger partial charge on any atom is -0.456 e. The molecule has 0 aromatic heterocycles. The average Bonchev–Trinajstić information content (AvgIpc) is 2.47. The van der Waals surface area contributed by atoms with Crippen LogP contribution in [0.25, 0.3) is 0 Å². The minimum atomic E-state index is -0.587. The van der Waals surface area contributed by atoms with E-state index in [0.29, 0.717) is 13.2 Å². The van der Waals surface area contributed by atoms with Gasteiger partial charge in [0.15, 0.2) is 0 Å². The summed E-state index contributed by atoms with van der Waals surface area (Å²) in [6.45, 7) is 0.813. The van der Waals surface area contributed by atoms with E-state index in [2.05, 4.69) is 0 Å². The maximum atomic E-state index is 10.6. The van der Waals surface area contributed by atoms with Crippen LogP contribution in [0.3, 0.4) is 0 Å². The summed E-state index contributed by atoms with van der Waals surface area (Å²) in [4.78, 5) is 21.3. The van der Waals surface area contributed by atoms with E-state index >= 15 is 0 Å². The summed E-state index contributed by atoms with van der Waals surface area (Å²) in [6, 6.07) is 0. The first-order valence-electron chi connectivity index (χ1n) is 6.97. The molecular formula is C16H22O4. The molecule has 20 heavy (non-hydrogen) atoms. The van der Waals surface area contributed by atoms with Gasteiger partial charge in [-0.3, -0.25) is 0 Å². The van der Waals surface area contributed by atoms with Gasteiger partial charge in [-0.25, -0.2) is 9.59 Å². The summed E-state index contributed by atoms with van der Waals surface area (Å²) in [5.74, 6) is 2.64. The smallest absolute Gasteiger partial charge is 0.384 e. The molecule has 0 aromatic carbocycles. The lowest BCUT2D eigenvalue weighted by molar-refractivity contribution is -0.137. The van der Waals surface area contributed by atoms with Crippen molar-refractivity contribution in [2.45, 2.75) is 51.4 Å². The molecule has 0 radical (unpaired) electrons. The maximum Gasteiger partial charge on any atom is 0.384 e. The zero-order valence-electron chi connectivity index (χ0n) is 11.9. The summed E-state index contributed by atoms with van der Waals surface area (Å²) in [5, 5.41) is 0. The van der Waals surface area contributed by atoms with E-state index in [-0.39, 0.29) is 0 Å². The Balaban J connectivity index is 3.11. The van der Waals surface area contributed by atoms with Crippen LogP contribution in [0.1, 0.15) is 51.4 Å². The zero-order valence-corrected chi connectivity index (χ0v) is 11.9. The maximum absolute atomic E-state index is 10.6. The number of esters is 2. The van der Waals surface area contributed by atoms with Gasteiger partial charge >= 0.3 is 11.9 Å². The largest absolute Gasteiger partial charge is 0.456 e. The highest BCUT2D eigenvalue weighted by Crippen LogP contribution is 2.08. The molecular weight excluding hydrogens is 256 g/mol. The molecule has 0 unspecified atom stereocenters. The van der Waals surface area contributed by atoms with Gasteiger partial charge in [-0.2, -0.15) is 0 Å². The lowest BCUT2D eigenvalue weighted by Crippen LogP contribution is -2.02. The highest BCUT2D eigenvalue weighted by atomic mass is 16.5. The standard InChI is InChI=1S/C16H22O4/c1-3-15(17)19-13-11-9-7-5-6-8-10-12-14-20-16(18)4-2/h1-2H,5-14H2. The lowest BCUT2D eigenvalue weighted by atomic mass is 10.1. The SMILES string of the molecule is C#CC(=O)OCCCCCCCCCCOC(=O)C#C. The van der Waals surface area contributed by atoms with Crippen LogP contribution in [0.4, 0.5) is 0 Å². The molecule has 0 saturated carbocycles. The van der Waals surface area contributed by atoms with E-state index in [1.807, 2.05) is 11.8 Å². The van der Waals surface area contributed by atoms with Crippen LogP contribution in [0.15, 0.2) is 0 Å². The summed E-state index contributed by atoms with van der Waals surface area (Å²) in [7, 11) is 0. The Morgan fingerprint density at radius 3 is 1.25 bits per heavy atom. The first kappa shape index (κ1) is 18.1. The molecule has 0 amide bonds. The van der Waals surface area contributed by atoms with Gasteiger partial charge in [0.05, 0.1) is 13.2 Å². The monoisotopic (exact) mass is 278 g/mol. The van der Waals surface area contributed by atoms with Gasteiger partial charge in [0.2, 0.25) is 0 Å². The van der Waals surface area contributed by atoms with Gasteiger partial charge in [-0.05, 0) is 12.8 Å². The highest BCUT2D eigenvalue weighted by molar-refractivity contribution is 5.87. The predicted octanol–water partition coefficient (Wildman–Crippen LogP) is 2.46. The molecule has 0 fully saturated rings. The molecule has 0 atom stereocenters. The van der Waals surface area contributed by atoms with Crippen molar-refractivity contribution in [2.75, 3.05) is 13.2 Å². The summed E-state index contributed by atoms with van der Waals surface area (Å²) >= 11 is 0. The Bertz CT molecular complexity index is 324. The van der Waals surface area contributed by atoms with Gasteiger partial charge in [-0.15, -0.1) is 12.8 Å². The van der Waals surface area contributed by atoms with Crippen molar-refractivity contribution in [3.63, 3.8) is 0 Å². The second-order valence-electron chi connectivity index (χ2n) is 4.39. The number of hydrogen-bond acceptors (Lipinski definition) is 4. The van der Waals surface area contributed by atoms with Crippen LogP contribution < -0.4 is 0 Å². The Morgan fingerprint density at radius 1 is 0.650 bits per heavy atom. The van der Waals surface area contributed by atoms with Crippen LogP contribution in [0.5, 0.6) is 0 Å². The van der Waals surface area contributed by atoms with Crippen molar-refractivity contribution in [2.24, 2.45) is 0 Å². The van der Waals surface area contributed by atoms with Gasteiger partial charge in [0, 0.05) is 11.8 Å². The Kier molecular flexibility index (Phi) is 12.2. The van der Waals surface area contributed by atoms with Crippen molar-refractivity contribution >= 4 is 11.9 Å². The number of unbranched alkanes of at least 4 members (excludes halogenated alkanes) is 7. The summed E-state index contributed by atoms with van der Waals surface area (Å²) in [5.41, 5.74) is 0. The Labute approximate surface area is 121 Å². The van der Waals surface area contributed by atoms with E-state index in [1.165, 1.54) is 0 Å². The number of carbonyl (C=O) groups excluding carboxylic acids is 2. The molecule has 0 aromatic rings. The topological polar surface area (TPSA) is 52.6 Å². The summed E-state index contributed by atoms with van der Waals surface area (Å²) in [6.07, 6.45) is 18.1. The fraction of sp³-hybridized carbons (Fsp3) is 0.625. The highest BCUT2D eigenvalue weighted by Gasteiger charge is 1.97. The molecule has 0 rings (SSSR count). The number of rotatable bonds is 11. The van der Waals surface area contributed by atoms with Crippen LogP contribution >= 0.6 is 0 Å². The molecule has 0 heterocycles. The zero-order chi connectivity index (χ0) is 15.1. The first-order chi connectivity index (χ1) is 9.70. The molecule has 0 aliphatic heterocycles. The molecule has 110 valence electrons. The number of ether oxygens (including phenoxy) is 2. The average molecular weight is 278 g/mol. The minimum absolute atomic E-state index is 0.406. The number of carbonyl (C=O) groups is 2. The molecule has 0 aliphatic carbocycles. The van der Waals surface area contributed by atoms with E-state index in [9.17, 15) is 9.59 Å². The third-order valence-corrected chi connectivity index (χ3v) is 2.74. The van der Waals surface area contributed by atoms with Gasteiger partial charge in [0.25, 0.3) is 0 Å². The van der Waals surface area contributed by atoms with Crippen molar-refractivity contribution < 1.29 is 19.1 Å². The fourth-order valence-corrected chi connectivity index (χ4v) is 1.68. The Hall–Kier alpha value is -1.94. The number of terminal acetylenes is 2. The first-order valence-corrected chi connectivity index (χ1v) is 6.97. The molecule has 4 heteroatoms. The van der Waals surface area contributed by atoms with Crippen LogP contribution in [0.2, 0.25) is 0 Å². The fourth-order valence-electron chi connectivity index (χ4n) is 1.68. The van der Waals surface area contributed by atoms with Crippen molar-refractivity contribution in [1.29, 1.82) is 0 Å². The quantitative estimate of drug-likeness (QED) is 0.252. The third-order valence-electron chi connectivity index (χ3n) is 2.74. The van der Waals surface area contributed by atoms with E-state index in [0.717, 1.165) is 51.4 Å². The lowest BCUT2D eigenvalue weighted by Gasteiger charge is -2.03. The molecule has 0 bridgehead atoms. The Morgan fingerprint density at radius 2 is 0.950 bits per heavy atom. The van der Waals surface area contributed by atoms with E-state index in [4.69, 9.17) is 22.3 Å². The second kappa shape index (κ2) is 13.5. The van der Waals surface area contributed by atoms with Crippen molar-refractivity contribution in [1.82, 2.24) is 0 Å². The summed E-state index contributed by atoms with van der Waals surface area (Å²) < 4.78 is 9.52. The van der Waals surface area contributed by atoms with Gasteiger partial charge in [-0.1, -0.05) is 38.5 Å².